The van der Waals surface area contributed by atoms with Crippen LogP contribution in [0.3, 0.4) is 0 Å². The van der Waals surface area contributed by atoms with E-state index in [4.69, 9.17) is 7.85 Å². The molecule has 0 N–H and O–H groups in total. The lowest BCUT2D eigenvalue weighted by molar-refractivity contribution is 0.769. The Kier molecular flexibility index (Phi) is 3.30. The van der Waals surface area contributed by atoms with Crippen molar-refractivity contribution in [1.82, 2.24) is 0 Å². The van der Waals surface area contributed by atoms with Gasteiger partial charge in [0.2, 0.25) is 0 Å². The third-order valence-electron chi connectivity index (χ3n) is 0.744. The van der Waals surface area contributed by atoms with Crippen molar-refractivity contribution >= 4 is 7.85 Å². The lowest BCUT2D eigenvalue weighted by Crippen LogP contribution is -1.80. The largest absolute Gasteiger partial charge is 0.0802 e. The molecule has 2 radical (unpaired) electrons. The normalized spacial score (nSPS) is 14.3. The van der Waals surface area contributed by atoms with E-state index in [0.29, 0.717) is 5.82 Å². The van der Waals surface area contributed by atoms with Crippen LogP contribution in [-0.4, -0.2) is 7.85 Å². The van der Waals surface area contributed by atoms with Crippen LogP contribution in [-0.2, 0) is 0 Å². The van der Waals surface area contributed by atoms with Gasteiger partial charge in [0.25, 0.3) is 0 Å². The zero-order chi connectivity index (χ0) is 4.99. The van der Waals surface area contributed by atoms with Crippen LogP contribution in [0.25, 0.3) is 0 Å². The first kappa shape index (κ1) is 6.06. The van der Waals surface area contributed by atoms with Crippen molar-refractivity contribution in [2.24, 2.45) is 0 Å². The number of hydrogen-bond acceptors (Lipinski definition) is 0. The molecule has 0 aliphatic carbocycles. The van der Waals surface area contributed by atoms with Crippen molar-refractivity contribution in [1.29, 1.82) is 0 Å². The molecular formula is C5H11B. The highest BCUT2D eigenvalue weighted by atomic mass is 13.8. The zero-order valence-electron chi connectivity index (χ0n) is 4.57. The van der Waals surface area contributed by atoms with Crippen LogP contribution >= 0.6 is 0 Å². The molecule has 0 saturated heterocycles. The summed E-state index contributed by atoms with van der Waals surface area (Å²) in [4.78, 5) is 0. The Balaban J connectivity index is 2.63. The Morgan fingerprint density at radius 2 is 2.17 bits per heavy atom. The van der Waals surface area contributed by atoms with E-state index in [2.05, 4.69) is 6.92 Å². The molecule has 6 heavy (non-hydrogen) atoms. The molecule has 0 amide bonds. The summed E-state index contributed by atoms with van der Waals surface area (Å²) in [5, 5.41) is 0. The summed E-state index contributed by atoms with van der Waals surface area (Å²) >= 11 is 0. The van der Waals surface area contributed by atoms with E-state index in [-0.39, 0.29) is 0 Å². The van der Waals surface area contributed by atoms with E-state index < -0.39 is 0 Å². The molecule has 0 spiro atoms. The van der Waals surface area contributed by atoms with Gasteiger partial charge in [-0.15, -0.1) is 0 Å². The fourth-order valence-corrected chi connectivity index (χ4v) is 0.455. The van der Waals surface area contributed by atoms with Gasteiger partial charge in [0.15, 0.2) is 0 Å². The molecule has 0 aliphatic heterocycles. The van der Waals surface area contributed by atoms with Crippen molar-refractivity contribution in [3.05, 3.63) is 0 Å². The van der Waals surface area contributed by atoms with Crippen molar-refractivity contribution in [2.75, 3.05) is 0 Å². The number of hydrogen-bond donors (Lipinski definition) is 0. The summed E-state index contributed by atoms with van der Waals surface area (Å²) in [5.41, 5.74) is 0. The fraction of sp³-hybridized carbons (Fsp3) is 1.00. The van der Waals surface area contributed by atoms with E-state index >= 15 is 0 Å². The highest BCUT2D eigenvalue weighted by Gasteiger charge is 1.85. The quantitative estimate of drug-likeness (QED) is 0.445. The minimum Gasteiger partial charge on any atom is -0.0802 e. The first-order valence-corrected chi connectivity index (χ1v) is 2.53. The number of rotatable bonds is 2. The monoisotopic (exact) mass is 82.1 g/mol. The lowest BCUT2D eigenvalue weighted by atomic mass is 9.86. The molecule has 1 unspecified atom stereocenters. The molecule has 1 heteroatoms. The Hall–Kier alpha value is 0.0649. The van der Waals surface area contributed by atoms with Crippen molar-refractivity contribution in [3.8, 4) is 0 Å². The predicted octanol–water partition coefficient (Wildman–Crippen LogP) is 1.76. The summed E-state index contributed by atoms with van der Waals surface area (Å²) in [6, 6.07) is 0. The van der Waals surface area contributed by atoms with Crippen molar-refractivity contribution in [2.45, 2.75) is 32.5 Å². The van der Waals surface area contributed by atoms with E-state index in [9.17, 15) is 0 Å². The highest BCUT2D eigenvalue weighted by Crippen LogP contribution is 2.03. The first-order chi connectivity index (χ1) is 2.77. The molecule has 0 aromatic rings. The Morgan fingerprint density at radius 3 is 2.17 bits per heavy atom. The van der Waals surface area contributed by atoms with Gasteiger partial charge in [-0.25, -0.2) is 0 Å². The smallest absolute Gasteiger partial charge is 0.0695 e. The molecule has 0 rings (SSSR count). The molecule has 34 valence electrons. The van der Waals surface area contributed by atoms with Gasteiger partial charge < -0.3 is 0 Å². The Labute approximate surface area is 41.4 Å². The Bertz CT molecular complexity index is 25.1. The molecule has 0 aromatic carbocycles. The van der Waals surface area contributed by atoms with Gasteiger partial charge in [-0.3, -0.25) is 0 Å². The molecule has 0 aliphatic rings. The summed E-state index contributed by atoms with van der Waals surface area (Å²) in [5.74, 6) is 0.398. The minimum atomic E-state index is 0.398. The standard InChI is InChI=1S/C5H11B/c1-3-4-5(2)6/h5H,3-4H2,1-2H3. The molecule has 0 saturated carbocycles. The lowest BCUT2D eigenvalue weighted by Gasteiger charge is -1.96. The summed E-state index contributed by atoms with van der Waals surface area (Å²) < 4.78 is 0. The van der Waals surface area contributed by atoms with Gasteiger partial charge in [0, 0.05) is 0 Å². The van der Waals surface area contributed by atoms with Crippen molar-refractivity contribution < 1.29 is 0 Å². The summed E-state index contributed by atoms with van der Waals surface area (Å²) in [6.45, 7) is 4.17. The highest BCUT2D eigenvalue weighted by molar-refractivity contribution is 6.11. The van der Waals surface area contributed by atoms with Crippen LogP contribution in [0, 0.1) is 0 Å². The third-order valence-corrected chi connectivity index (χ3v) is 0.744. The van der Waals surface area contributed by atoms with E-state index in [1.165, 1.54) is 6.42 Å². The minimum absolute atomic E-state index is 0.398. The van der Waals surface area contributed by atoms with Crippen LogP contribution in [0.15, 0.2) is 0 Å². The zero-order valence-corrected chi connectivity index (χ0v) is 4.57. The molecule has 0 fully saturated rings. The first-order valence-electron chi connectivity index (χ1n) is 2.53. The summed E-state index contributed by atoms with van der Waals surface area (Å²) in [6.07, 6.45) is 2.36. The maximum absolute atomic E-state index is 5.40. The average Bonchev–Trinajstić information content (AvgIpc) is 1.35. The topological polar surface area (TPSA) is 0 Å². The predicted molar refractivity (Wildman–Crippen MR) is 30.1 cm³/mol. The molecule has 1 atom stereocenters. The van der Waals surface area contributed by atoms with Gasteiger partial charge >= 0.3 is 0 Å². The van der Waals surface area contributed by atoms with E-state index in [1.54, 1.807) is 0 Å². The second-order valence-electron chi connectivity index (χ2n) is 1.77. The van der Waals surface area contributed by atoms with Gasteiger partial charge in [-0.2, -0.15) is 0 Å². The van der Waals surface area contributed by atoms with E-state index in [1.807, 2.05) is 6.92 Å². The second-order valence-corrected chi connectivity index (χ2v) is 1.77. The van der Waals surface area contributed by atoms with Gasteiger partial charge in [0.1, 0.15) is 0 Å². The molecule has 0 heterocycles. The van der Waals surface area contributed by atoms with Crippen LogP contribution in [0.2, 0.25) is 5.82 Å². The maximum Gasteiger partial charge on any atom is 0.0695 e. The molecular weight excluding hydrogens is 70.9 g/mol. The van der Waals surface area contributed by atoms with Gasteiger partial charge in [0.05, 0.1) is 7.85 Å². The van der Waals surface area contributed by atoms with Crippen LogP contribution in [0.5, 0.6) is 0 Å². The fourth-order valence-electron chi connectivity index (χ4n) is 0.455. The SMILES string of the molecule is [B]C(C)CCC. The van der Waals surface area contributed by atoms with Gasteiger partial charge in [-0.1, -0.05) is 32.5 Å². The van der Waals surface area contributed by atoms with Crippen molar-refractivity contribution in [3.63, 3.8) is 0 Å². The summed E-state index contributed by atoms with van der Waals surface area (Å²) in [7, 11) is 5.40. The van der Waals surface area contributed by atoms with Crippen LogP contribution < -0.4 is 0 Å². The average molecular weight is 82.0 g/mol. The van der Waals surface area contributed by atoms with Crippen LogP contribution in [0.1, 0.15) is 26.7 Å². The Morgan fingerprint density at radius 1 is 1.67 bits per heavy atom. The van der Waals surface area contributed by atoms with Crippen LogP contribution in [0.4, 0.5) is 0 Å². The maximum atomic E-state index is 5.40. The van der Waals surface area contributed by atoms with E-state index in [0.717, 1.165) is 6.42 Å². The molecule has 0 aromatic heterocycles. The van der Waals surface area contributed by atoms with Gasteiger partial charge in [-0.05, 0) is 0 Å². The molecule has 0 nitrogen and oxygen atoms in total. The second kappa shape index (κ2) is 3.26. The molecule has 0 bridgehead atoms. The third kappa shape index (κ3) is 4.06.